The lowest BCUT2D eigenvalue weighted by molar-refractivity contribution is 0.0689. The van der Waals surface area contributed by atoms with E-state index in [4.69, 9.17) is 9.84 Å². The molecule has 2 N–H and O–H groups in total. The van der Waals surface area contributed by atoms with E-state index >= 15 is 0 Å². The van der Waals surface area contributed by atoms with E-state index in [2.05, 4.69) is 31.4 Å². The van der Waals surface area contributed by atoms with Crippen LogP contribution in [-0.4, -0.2) is 28.4 Å². The number of ether oxygens (including phenoxy) is 1. The largest absolute Gasteiger partial charge is 0.495 e. The molecule has 0 spiro atoms. The Bertz CT molecular complexity index is 602. The highest BCUT2D eigenvalue weighted by atomic mass is 79.9. The molecule has 19 heavy (non-hydrogen) atoms. The number of carboxylic acids is 1. The smallest absolute Gasteiger partial charge is 0.356 e. The van der Waals surface area contributed by atoms with Crippen LogP contribution in [0, 0.1) is 0 Å². The zero-order valence-electron chi connectivity index (χ0n) is 9.92. The van der Waals surface area contributed by atoms with Gasteiger partial charge in [0.05, 0.1) is 11.6 Å². The molecule has 1 aromatic heterocycles. The Morgan fingerprint density at radius 2 is 2.11 bits per heavy atom. The van der Waals surface area contributed by atoms with Gasteiger partial charge in [-0.3, -0.25) is 0 Å². The molecular weight excluding hydrogens is 314 g/mol. The van der Waals surface area contributed by atoms with Crippen molar-refractivity contribution < 1.29 is 14.6 Å². The van der Waals surface area contributed by atoms with E-state index < -0.39 is 5.97 Å². The number of benzene rings is 1. The Hall–Kier alpha value is -2.15. The average molecular weight is 324 g/mol. The molecule has 0 unspecified atom stereocenters. The fraction of sp³-hybridized carbons (Fsp3) is 0.0833. The summed E-state index contributed by atoms with van der Waals surface area (Å²) in [6.45, 7) is 0. The molecule has 1 heterocycles. The number of aromatic carboxylic acids is 1. The number of halogens is 1. The van der Waals surface area contributed by atoms with E-state index in [9.17, 15) is 4.79 Å². The zero-order valence-corrected chi connectivity index (χ0v) is 11.5. The highest BCUT2D eigenvalue weighted by Crippen LogP contribution is 2.28. The lowest BCUT2D eigenvalue weighted by atomic mass is 10.3. The molecule has 2 aromatic rings. The summed E-state index contributed by atoms with van der Waals surface area (Å²) in [5.74, 6) is 0.0267. The average Bonchev–Trinajstić information content (AvgIpc) is 2.41. The van der Waals surface area contributed by atoms with Gasteiger partial charge < -0.3 is 15.2 Å². The third kappa shape index (κ3) is 3.19. The maximum absolute atomic E-state index is 10.6. The van der Waals surface area contributed by atoms with Crippen LogP contribution in [0.5, 0.6) is 5.75 Å². The Morgan fingerprint density at radius 1 is 1.32 bits per heavy atom. The van der Waals surface area contributed by atoms with Gasteiger partial charge in [-0.2, -0.15) is 0 Å². The Balaban J connectivity index is 2.19. The van der Waals surface area contributed by atoms with E-state index in [1.54, 1.807) is 19.2 Å². The van der Waals surface area contributed by atoms with Crippen molar-refractivity contribution in [3.05, 3.63) is 40.5 Å². The lowest BCUT2D eigenvalue weighted by Gasteiger charge is -2.08. The van der Waals surface area contributed by atoms with E-state index in [1.807, 2.05) is 12.1 Å². The number of anilines is 2. The molecule has 0 saturated heterocycles. The van der Waals surface area contributed by atoms with Crippen LogP contribution < -0.4 is 10.1 Å². The molecule has 1 aromatic carbocycles. The summed E-state index contributed by atoms with van der Waals surface area (Å²) in [4.78, 5) is 10.6. The quantitative estimate of drug-likeness (QED) is 0.899. The highest BCUT2D eigenvalue weighted by Gasteiger charge is 2.06. The predicted molar refractivity (Wildman–Crippen MR) is 73.0 cm³/mol. The number of aromatic nitrogens is 2. The third-order valence-electron chi connectivity index (χ3n) is 2.31. The standard InChI is InChI=1S/C12H10BrN3O3/c1-19-10-6-7(2-3-8(10)13)14-11-5-4-9(12(17)18)15-16-11/h2-6H,1H3,(H,14,16)(H,17,18). The fourth-order valence-electron chi connectivity index (χ4n) is 1.40. The maximum Gasteiger partial charge on any atom is 0.356 e. The SMILES string of the molecule is COc1cc(Nc2ccc(C(=O)O)nn2)ccc1Br. The van der Waals surface area contributed by atoms with Crippen molar-refractivity contribution in [2.24, 2.45) is 0 Å². The first-order valence-corrected chi connectivity index (χ1v) is 6.07. The van der Waals surface area contributed by atoms with Gasteiger partial charge in [-0.15, -0.1) is 10.2 Å². The maximum atomic E-state index is 10.6. The minimum Gasteiger partial charge on any atom is -0.495 e. The van der Waals surface area contributed by atoms with Crippen molar-refractivity contribution in [2.75, 3.05) is 12.4 Å². The van der Waals surface area contributed by atoms with Crippen LogP contribution in [0.3, 0.4) is 0 Å². The molecule has 0 bridgehead atoms. The molecular formula is C12H10BrN3O3. The van der Waals surface area contributed by atoms with Crippen LogP contribution in [0.15, 0.2) is 34.8 Å². The van der Waals surface area contributed by atoms with Crippen LogP contribution in [0.25, 0.3) is 0 Å². The number of nitrogens with zero attached hydrogens (tertiary/aromatic N) is 2. The monoisotopic (exact) mass is 323 g/mol. The second-order valence-corrected chi connectivity index (χ2v) is 4.44. The van der Waals surface area contributed by atoms with Gasteiger partial charge in [0, 0.05) is 11.8 Å². The second kappa shape index (κ2) is 5.66. The van der Waals surface area contributed by atoms with Crippen LogP contribution in [-0.2, 0) is 0 Å². The molecule has 0 amide bonds. The number of nitrogens with one attached hydrogen (secondary N) is 1. The van der Waals surface area contributed by atoms with Crippen molar-refractivity contribution in [2.45, 2.75) is 0 Å². The Morgan fingerprint density at radius 3 is 2.68 bits per heavy atom. The third-order valence-corrected chi connectivity index (χ3v) is 2.96. The molecule has 0 radical (unpaired) electrons. The second-order valence-electron chi connectivity index (χ2n) is 3.58. The molecule has 0 atom stereocenters. The first kappa shape index (κ1) is 13.3. The van der Waals surface area contributed by atoms with Crippen molar-refractivity contribution in [1.29, 1.82) is 0 Å². The van der Waals surface area contributed by atoms with E-state index in [-0.39, 0.29) is 5.69 Å². The number of hydrogen-bond acceptors (Lipinski definition) is 5. The molecule has 0 aliphatic rings. The van der Waals surface area contributed by atoms with Crippen LogP contribution in [0.4, 0.5) is 11.5 Å². The number of rotatable bonds is 4. The molecule has 2 rings (SSSR count). The van der Waals surface area contributed by atoms with E-state index in [0.29, 0.717) is 11.6 Å². The van der Waals surface area contributed by atoms with Gasteiger partial charge >= 0.3 is 5.97 Å². The molecule has 6 nitrogen and oxygen atoms in total. The molecule has 0 aliphatic heterocycles. The first-order valence-electron chi connectivity index (χ1n) is 5.28. The van der Waals surface area contributed by atoms with Crippen molar-refractivity contribution in [1.82, 2.24) is 10.2 Å². The first-order chi connectivity index (χ1) is 9.10. The van der Waals surface area contributed by atoms with Crippen molar-refractivity contribution in [3.8, 4) is 5.75 Å². The Labute approximate surface area is 117 Å². The number of carbonyl (C=O) groups is 1. The van der Waals surface area contributed by atoms with E-state index in [0.717, 1.165) is 10.2 Å². The minimum absolute atomic E-state index is 0.0982. The number of carboxylic acid groups (broad SMARTS) is 1. The summed E-state index contributed by atoms with van der Waals surface area (Å²) in [6.07, 6.45) is 0. The molecule has 7 heteroatoms. The van der Waals surface area contributed by atoms with Gasteiger partial charge in [0.25, 0.3) is 0 Å². The number of hydrogen-bond donors (Lipinski definition) is 2. The molecule has 0 saturated carbocycles. The van der Waals surface area contributed by atoms with Gasteiger partial charge in [0.15, 0.2) is 11.5 Å². The minimum atomic E-state index is -1.11. The van der Waals surface area contributed by atoms with Gasteiger partial charge in [-0.1, -0.05) is 0 Å². The summed E-state index contributed by atoms with van der Waals surface area (Å²) in [6, 6.07) is 8.38. The molecule has 0 fully saturated rings. The van der Waals surface area contributed by atoms with Crippen LogP contribution in [0.1, 0.15) is 10.5 Å². The van der Waals surface area contributed by atoms with Gasteiger partial charge in [0.1, 0.15) is 5.75 Å². The van der Waals surface area contributed by atoms with Crippen molar-refractivity contribution in [3.63, 3.8) is 0 Å². The van der Waals surface area contributed by atoms with Gasteiger partial charge in [0.2, 0.25) is 0 Å². The molecule has 0 aliphatic carbocycles. The summed E-state index contributed by atoms with van der Waals surface area (Å²) in [5.41, 5.74) is 0.663. The summed E-state index contributed by atoms with van der Waals surface area (Å²) in [5, 5.41) is 19.1. The van der Waals surface area contributed by atoms with Crippen LogP contribution >= 0.6 is 15.9 Å². The normalized spacial score (nSPS) is 10.0. The summed E-state index contributed by atoms with van der Waals surface area (Å²) < 4.78 is 6.01. The predicted octanol–water partition coefficient (Wildman–Crippen LogP) is 2.69. The zero-order chi connectivity index (χ0) is 13.8. The van der Waals surface area contributed by atoms with Crippen molar-refractivity contribution >= 4 is 33.4 Å². The fourth-order valence-corrected chi connectivity index (χ4v) is 1.81. The van der Waals surface area contributed by atoms with Gasteiger partial charge in [-0.05, 0) is 40.2 Å². The summed E-state index contributed by atoms with van der Waals surface area (Å²) in [7, 11) is 1.57. The summed E-state index contributed by atoms with van der Waals surface area (Å²) >= 11 is 3.36. The topological polar surface area (TPSA) is 84.3 Å². The lowest BCUT2D eigenvalue weighted by Crippen LogP contribution is -2.03. The number of methoxy groups -OCH3 is 1. The van der Waals surface area contributed by atoms with Crippen LogP contribution in [0.2, 0.25) is 0 Å². The highest BCUT2D eigenvalue weighted by molar-refractivity contribution is 9.10. The molecule has 98 valence electrons. The van der Waals surface area contributed by atoms with Gasteiger partial charge in [-0.25, -0.2) is 4.79 Å². The van der Waals surface area contributed by atoms with E-state index in [1.165, 1.54) is 6.07 Å². The Kier molecular flexibility index (Phi) is 3.96.